The minimum absolute atomic E-state index is 0.00223. The van der Waals surface area contributed by atoms with Crippen LogP contribution in [0.25, 0.3) is 0 Å². The first-order chi connectivity index (χ1) is 12.0. The van der Waals surface area contributed by atoms with Gasteiger partial charge in [0.25, 0.3) is 0 Å². The molecule has 1 aromatic rings. The summed E-state index contributed by atoms with van der Waals surface area (Å²) in [6, 6.07) is 8.04. The quantitative estimate of drug-likeness (QED) is 0.795. The van der Waals surface area contributed by atoms with E-state index in [9.17, 15) is 9.90 Å². The van der Waals surface area contributed by atoms with Crippen molar-refractivity contribution in [2.75, 3.05) is 26.2 Å². The van der Waals surface area contributed by atoms with E-state index in [0.717, 1.165) is 44.5 Å². The van der Waals surface area contributed by atoms with Crippen molar-refractivity contribution in [1.82, 2.24) is 10.2 Å². The highest BCUT2D eigenvalue weighted by Crippen LogP contribution is 2.34. The molecular weight excluding hydrogens is 316 g/mol. The number of aliphatic hydroxyl groups excluding tert-OH is 1. The van der Waals surface area contributed by atoms with Crippen LogP contribution in [-0.2, 0) is 6.42 Å². The lowest BCUT2D eigenvalue weighted by atomic mass is 9.77. The maximum absolute atomic E-state index is 12.3. The van der Waals surface area contributed by atoms with Crippen LogP contribution in [0.2, 0.25) is 0 Å². The Kier molecular flexibility index (Phi) is 7.12. The van der Waals surface area contributed by atoms with Crippen LogP contribution in [0.4, 0.5) is 4.79 Å². The lowest BCUT2D eigenvalue weighted by molar-refractivity contribution is 0.0520. The van der Waals surface area contributed by atoms with Crippen molar-refractivity contribution in [1.29, 1.82) is 0 Å². The van der Waals surface area contributed by atoms with Gasteiger partial charge in [0.1, 0.15) is 5.75 Å². The summed E-state index contributed by atoms with van der Waals surface area (Å²) in [5.74, 6) is 0.874. The number of likely N-dealkylation sites (tertiary alicyclic amines) is 1. The van der Waals surface area contributed by atoms with E-state index >= 15 is 0 Å². The van der Waals surface area contributed by atoms with Gasteiger partial charge in [-0.05, 0) is 62.6 Å². The van der Waals surface area contributed by atoms with Crippen molar-refractivity contribution < 1.29 is 14.6 Å². The maximum Gasteiger partial charge on any atom is 0.317 e. The van der Waals surface area contributed by atoms with E-state index in [1.54, 1.807) is 0 Å². The van der Waals surface area contributed by atoms with Gasteiger partial charge >= 0.3 is 6.03 Å². The van der Waals surface area contributed by atoms with Crippen molar-refractivity contribution in [3.05, 3.63) is 29.8 Å². The normalized spacial score (nSPS) is 16.8. The van der Waals surface area contributed by atoms with Crippen molar-refractivity contribution in [2.45, 2.75) is 52.6 Å². The minimum Gasteiger partial charge on any atom is -0.491 e. The summed E-state index contributed by atoms with van der Waals surface area (Å²) in [5, 5.41) is 12.6. The van der Waals surface area contributed by atoms with Gasteiger partial charge < -0.3 is 20.1 Å². The van der Waals surface area contributed by atoms with Gasteiger partial charge in [-0.1, -0.05) is 19.1 Å². The number of ether oxygens (including phenoxy) is 1. The molecule has 1 saturated heterocycles. The third kappa shape index (κ3) is 5.63. The fourth-order valence-corrected chi connectivity index (χ4v) is 3.24. The number of hydrogen-bond donors (Lipinski definition) is 2. The number of amides is 2. The molecule has 2 amide bonds. The van der Waals surface area contributed by atoms with E-state index < -0.39 is 0 Å². The predicted molar refractivity (Wildman–Crippen MR) is 99.9 cm³/mol. The molecule has 1 heterocycles. The number of nitrogens with zero attached hydrogens (tertiary/aromatic N) is 1. The third-order valence-electron chi connectivity index (χ3n) is 5.18. The largest absolute Gasteiger partial charge is 0.491 e. The van der Waals surface area contributed by atoms with Crippen LogP contribution in [-0.4, -0.2) is 48.4 Å². The van der Waals surface area contributed by atoms with Crippen LogP contribution in [0.5, 0.6) is 5.75 Å². The zero-order valence-corrected chi connectivity index (χ0v) is 15.8. The Bertz CT molecular complexity index is 528. The van der Waals surface area contributed by atoms with E-state index in [4.69, 9.17) is 4.74 Å². The number of hydrogen-bond acceptors (Lipinski definition) is 3. The van der Waals surface area contributed by atoms with Gasteiger partial charge in [-0.2, -0.15) is 0 Å². The molecule has 0 saturated carbocycles. The van der Waals surface area contributed by atoms with Crippen LogP contribution < -0.4 is 10.1 Å². The van der Waals surface area contributed by atoms with Crippen molar-refractivity contribution in [2.24, 2.45) is 5.41 Å². The molecule has 2 rings (SSSR count). The van der Waals surface area contributed by atoms with Gasteiger partial charge in [-0.3, -0.25) is 0 Å². The predicted octanol–water partition coefficient (Wildman–Crippen LogP) is 3.21. The molecule has 0 bridgehead atoms. The van der Waals surface area contributed by atoms with Crippen molar-refractivity contribution in [3.8, 4) is 5.75 Å². The fraction of sp³-hybridized carbons (Fsp3) is 0.650. The molecule has 140 valence electrons. The Morgan fingerprint density at radius 3 is 2.44 bits per heavy atom. The van der Waals surface area contributed by atoms with Crippen LogP contribution in [0.3, 0.4) is 0 Å². The smallest absolute Gasteiger partial charge is 0.317 e. The molecule has 0 radical (unpaired) electrons. The number of aliphatic hydroxyl groups is 1. The molecule has 1 aliphatic rings. The first-order valence-corrected chi connectivity index (χ1v) is 9.37. The Labute approximate surface area is 151 Å². The first kappa shape index (κ1) is 19.6. The second-order valence-corrected chi connectivity index (χ2v) is 7.29. The number of nitrogens with one attached hydrogen (secondary N) is 1. The number of benzene rings is 1. The molecule has 0 aromatic heterocycles. The molecule has 5 nitrogen and oxygen atoms in total. The Balaban J connectivity index is 1.72. The lowest BCUT2D eigenvalue weighted by Crippen LogP contribution is -2.48. The molecule has 1 aromatic carbocycles. The van der Waals surface area contributed by atoms with E-state index in [2.05, 4.69) is 12.2 Å². The van der Waals surface area contributed by atoms with E-state index in [0.29, 0.717) is 6.54 Å². The van der Waals surface area contributed by atoms with E-state index in [1.807, 2.05) is 43.0 Å². The number of urea groups is 1. The average Bonchev–Trinajstić information content (AvgIpc) is 2.62. The van der Waals surface area contributed by atoms with E-state index in [-0.39, 0.29) is 24.2 Å². The molecule has 5 heteroatoms. The van der Waals surface area contributed by atoms with Gasteiger partial charge in [0.05, 0.1) is 6.10 Å². The Hall–Kier alpha value is -1.75. The summed E-state index contributed by atoms with van der Waals surface area (Å²) in [6.07, 6.45) is 3.70. The SMILES string of the molecule is CCC1(CO)CCN(C(=O)NCCc2ccc(OC(C)C)cc2)CC1. The summed E-state index contributed by atoms with van der Waals surface area (Å²) >= 11 is 0. The molecule has 25 heavy (non-hydrogen) atoms. The molecule has 1 fully saturated rings. The van der Waals surface area contributed by atoms with Crippen LogP contribution >= 0.6 is 0 Å². The Morgan fingerprint density at radius 1 is 1.28 bits per heavy atom. The van der Waals surface area contributed by atoms with Gasteiger partial charge in [0.15, 0.2) is 0 Å². The fourth-order valence-electron chi connectivity index (χ4n) is 3.24. The van der Waals surface area contributed by atoms with Gasteiger partial charge in [0.2, 0.25) is 0 Å². The molecule has 0 unspecified atom stereocenters. The highest BCUT2D eigenvalue weighted by atomic mass is 16.5. The Morgan fingerprint density at radius 2 is 1.92 bits per heavy atom. The second-order valence-electron chi connectivity index (χ2n) is 7.29. The number of piperidine rings is 1. The third-order valence-corrected chi connectivity index (χ3v) is 5.18. The maximum atomic E-state index is 12.3. The van der Waals surface area contributed by atoms with Gasteiger partial charge in [0, 0.05) is 26.2 Å². The second kappa shape index (κ2) is 9.09. The average molecular weight is 348 g/mol. The number of carbonyl (C=O) groups is 1. The highest BCUT2D eigenvalue weighted by Gasteiger charge is 2.33. The van der Waals surface area contributed by atoms with Crippen LogP contribution in [0.15, 0.2) is 24.3 Å². The summed E-state index contributed by atoms with van der Waals surface area (Å²) < 4.78 is 5.63. The van der Waals surface area contributed by atoms with Crippen LogP contribution in [0.1, 0.15) is 45.6 Å². The highest BCUT2D eigenvalue weighted by molar-refractivity contribution is 5.74. The summed E-state index contributed by atoms with van der Waals surface area (Å²) in [5.41, 5.74) is 1.19. The standard InChI is InChI=1S/C20H32N2O3/c1-4-20(15-23)10-13-22(14-11-20)19(24)21-12-9-17-5-7-18(8-6-17)25-16(2)3/h5-8,16,23H,4,9-15H2,1-3H3,(H,21,24). The number of rotatable bonds is 7. The molecule has 0 aliphatic carbocycles. The van der Waals surface area contributed by atoms with Crippen molar-refractivity contribution >= 4 is 6.03 Å². The minimum atomic E-state index is 0.00223. The van der Waals surface area contributed by atoms with E-state index in [1.165, 1.54) is 5.56 Å². The van der Waals surface area contributed by atoms with Gasteiger partial charge in [-0.25, -0.2) is 4.79 Å². The molecular formula is C20H32N2O3. The molecule has 1 aliphatic heterocycles. The summed E-state index contributed by atoms with van der Waals surface area (Å²) in [4.78, 5) is 14.1. The zero-order valence-electron chi connectivity index (χ0n) is 15.8. The summed E-state index contributed by atoms with van der Waals surface area (Å²) in [7, 11) is 0. The monoisotopic (exact) mass is 348 g/mol. The molecule has 2 N–H and O–H groups in total. The van der Waals surface area contributed by atoms with Crippen molar-refractivity contribution in [3.63, 3.8) is 0 Å². The van der Waals surface area contributed by atoms with Crippen LogP contribution in [0, 0.1) is 5.41 Å². The first-order valence-electron chi connectivity index (χ1n) is 9.37. The lowest BCUT2D eigenvalue weighted by Gasteiger charge is -2.40. The molecule has 0 spiro atoms. The zero-order chi connectivity index (χ0) is 18.3. The summed E-state index contributed by atoms with van der Waals surface area (Å²) in [6.45, 7) is 8.42. The molecule has 0 atom stereocenters. The van der Waals surface area contributed by atoms with Gasteiger partial charge in [-0.15, -0.1) is 0 Å². The number of carbonyl (C=O) groups excluding carboxylic acids is 1. The topological polar surface area (TPSA) is 61.8 Å².